The van der Waals surface area contributed by atoms with Gasteiger partial charge in [0, 0.05) is 14.2 Å². The predicted molar refractivity (Wildman–Crippen MR) is 85.3 cm³/mol. The summed E-state index contributed by atoms with van der Waals surface area (Å²) in [5, 5.41) is 0. The SMILES string of the molecule is C=COCCN(C)c1ccc(N2CC(COC)OC2=O)cc1F. The summed E-state index contributed by atoms with van der Waals surface area (Å²) in [6.07, 6.45) is 0.517. The van der Waals surface area contributed by atoms with Gasteiger partial charge in [-0.1, -0.05) is 6.58 Å². The number of cyclic esters (lactones) is 1. The number of amides is 1. The smallest absolute Gasteiger partial charge is 0.414 e. The summed E-state index contributed by atoms with van der Waals surface area (Å²) in [6, 6.07) is 4.66. The minimum atomic E-state index is -0.494. The Morgan fingerprint density at radius 3 is 3.00 bits per heavy atom. The summed E-state index contributed by atoms with van der Waals surface area (Å²) in [5.74, 6) is -0.411. The zero-order valence-electron chi connectivity index (χ0n) is 13.3. The van der Waals surface area contributed by atoms with Gasteiger partial charge in [0.2, 0.25) is 0 Å². The third kappa shape index (κ3) is 4.13. The van der Waals surface area contributed by atoms with E-state index in [1.807, 2.05) is 0 Å². The number of rotatable bonds is 8. The summed E-state index contributed by atoms with van der Waals surface area (Å²) in [4.78, 5) is 15.0. The molecule has 0 saturated carbocycles. The highest BCUT2D eigenvalue weighted by atomic mass is 19.1. The van der Waals surface area contributed by atoms with Crippen LogP contribution >= 0.6 is 0 Å². The molecule has 2 rings (SSSR count). The first-order valence-corrected chi connectivity index (χ1v) is 7.27. The highest BCUT2D eigenvalue weighted by Gasteiger charge is 2.32. The topological polar surface area (TPSA) is 51.2 Å². The number of carbonyl (C=O) groups excluding carboxylic acids is 1. The number of benzene rings is 1. The standard InChI is InChI=1S/C16H21FN2O4/c1-4-22-8-7-18(2)15-6-5-12(9-14(15)17)19-10-13(11-21-3)23-16(19)20/h4-6,9,13H,1,7-8,10-11H2,2-3H3. The summed E-state index contributed by atoms with van der Waals surface area (Å²) >= 11 is 0. The number of anilines is 2. The van der Waals surface area contributed by atoms with Crippen molar-refractivity contribution in [1.82, 2.24) is 0 Å². The van der Waals surface area contributed by atoms with Crippen LogP contribution in [0, 0.1) is 5.82 Å². The van der Waals surface area contributed by atoms with Crippen molar-refractivity contribution in [2.75, 3.05) is 50.3 Å². The first-order chi connectivity index (χ1) is 11.1. The monoisotopic (exact) mass is 324 g/mol. The van der Waals surface area contributed by atoms with Crippen LogP contribution in [0.5, 0.6) is 0 Å². The Morgan fingerprint density at radius 2 is 2.35 bits per heavy atom. The van der Waals surface area contributed by atoms with E-state index in [9.17, 15) is 9.18 Å². The maximum absolute atomic E-state index is 14.3. The molecule has 1 amide bonds. The van der Waals surface area contributed by atoms with E-state index in [2.05, 4.69) is 6.58 Å². The molecule has 23 heavy (non-hydrogen) atoms. The number of ether oxygens (including phenoxy) is 3. The second kappa shape index (κ2) is 7.82. The van der Waals surface area contributed by atoms with Crippen LogP contribution in [0.15, 0.2) is 31.0 Å². The number of methoxy groups -OCH3 is 1. The molecule has 7 heteroatoms. The molecule has 0 spiro atoms. The van der Waals surface area contributed by atoms with Crippen molar-refractivity contribution in [3.63, 3.8) is 0 Å². The molecule has 1 unspecified atom stereocenters. The Balaban J connectivity index is 2.07. The molecule has 1 heterocycles. The molecule has 1 fully saturated rings. The highest BCUT2D eigenvalue weighted by Crippen LogP contribution is 2.27. The van der Waals surface area contributed by atoms with Crippen LogP contribution in [-0.2, 0) is 14.2 Å². The number of carbonyl (C=O) groups is 1. The van der Waals surface area contributed by atoms with Gasteiger partial charge in [0.05, 0.1) is 37.3 Å². The van der Waals surface area contributed by atoms with Gasteiger partial charge < -0.3 is 19.1 Å². The number of halogens is 1. The van der Waals surface area contributed by atoms with E-state index in [0.717, 1.165) is 0 Å². The van der Waals surface area contributed by atoms with E-state index < -0.39 is 11.9 Å². The molecule has 1 atom stereocenters. The van der Waals surface area contributed by atoms with Crippen molar-refractivity contribution < 1.29 is 23.4 Å². The highest BCUT2D eigenvalue weighted by molar-refractivity contribution is 5.90. The molecule has 1 aromatic rings. The van der Waals surface area contributed by atoms with Gasteiger partial charge in [-0.15, -0.1) is 0 Å². The molecule has 1 saturated heterocycles. The Bertz CT molecular complexity index is 567. The lowest BCUT2D eigenvalue weighted by atomic mass is 10.2. The van der Waals surface area contributed by atoms with Gasteiger partial charge in [-0.3, -0.25) is 4.90 Å². The molecule has 6 nitrogen and oxygen atoms in total. The Hall–Kier alpha value is -2.28. The lowest BCUT2D eigenvalue weighted by molar-refractivity contribution is 0.0718. The molecule has 0 aliphatic carbocycles. The maximum atomic E-state index is 14.3. The molecule has 0 N–H and O–H groups in total. The van der Waals surface area contributed by atoms with Crippen LogP contribution in [0.3, 0.4) is 0 Å². The first kappa shape index (κ1) is 17.1. The van der Waals surface area contributed by atoms with Crippen LogP contribution < -0.4 is 9.80 Å². The van der Waals surface area contributed by atoms with Gasteiger partial charge in [-0.2, -0.15) is 0 Å². The molecule has 126 valence electrons. The third-order valence-corrected chi connectivity index (χ3v) is 3.54. The minimum Gasteiger partial charge on any atom is -0.500 e. The minimum absolute atomic E-state index is 0.314. The van der Waals surface area contributed by atoms with Crippen molar-refractivity contribution in [3.05, 3.63) is 36.9 Å². The third-order valence-electron chi connectivity index (χ3n) is 3.54. The van der Waals surface area contributed by atoms with Gasteiger partial charge in [-0.05, 0) is 18.2 Å². The molecule has 0 aromatic heterocycles. The molecule has 0 bridgehead atoms. The lowest BCUT2D eigenvalue weighted by Gasteiger charge is -2.21. The van der Waals surface area contributed by atoms with Gasteiger partial charge >= 0.3 is 6.09 Å². The molecule has 1 aliphatic heterocycles. The van der Waals surface area contributed by atoms with Crippen molar-refractivity contribution >= 4 is 17.5 Å². The number of hydrogen-bond donors (Lipinski definition) is 0. The number of likely N-dealkylation sites (N-methyl/N-ethyl adjacent to an activating group) is 1. The Morgan fingerprint density at radius 1 is 1.57 bits per heavy atom. The van der Waals surface area contributed by atoms with Crippen molar-refractivity contribution in [1.29, 1.82) is 0 Å². The van der Waals surface area contributed by atoms with Crippen LogP contribution in [-0.4, -0.2) is 52.7 Å². The zero-order valence-corrected chi connectivity index (χ0v) is 13.3. The molecule has 1 aliphatic rings. The van der Waals surface area contributed by atoms with Crippen LogP contribution in [0.4, 0.5) is 20.6 Å². The van der Waals surface area contributed by atoms with Crippen LogP contribution in [0.25, 0.3) is 0 Å². The van der Waals surface area contributed by atoms with Gasteiger partial charge in [0.1, 0.15) is 18.5 Å². The van der Waals surface area contributed by atoms with Gasteiger partial charge in [-0.25, -0.2) is 9.18 Å². The van der Waals surface area contributed by atoms with E-state index in [4.69, 9.17) is 14.2 Å². The zero-order chi connectivity index (χ0) is 16.8. The largest absolute Gasteiger partial charge is 0.500 e. The van der Waals surface area contributed by atoms with Crippen molar-refractivity contribution in [2.45, 2.75) is 6.10 Å². The van der Waals surface area contributed by atoms with Gasteiger partial charge in [0.25, 0.3) is 0 Å². The van der Waals surface area contributed by atoms with Gasteiger partial charge in [0.15, 0.2) is 0 Å². The van der Waals surface area contributed by atoms with Crippen molar-refractivity contribution in [3.8, 4) is 0 Å². The molecular formula is C16H21FN2O4. The second-order valence-electron chi connectivity index (χ2n) is 5.17. The van der Waals surface area contributed by atoms with Crippen molar-refractivity contribution in [2.24, 2.45) is 0 Å². The lowest BCUT2D eigenvalue weighted by Crippen LogP contribution is -2.26. The summed E-state index contributed by atoms with van der Waals surface area (Å²) in [6.45, 7) is 5.05. The van der Waals surface area contributed by atoms with E-state index >= 15 is 0 Å². The molecular weight excluding hydrogens is 303 g/mol. The summed E-state index contributed by atoms with van der Waals surface area (Å²) in [7, 11) is 3.31. The summed E-state index contributed by atoms with van der Waals surface area (Å²) in [5.41, 5.74) is 0.896. The fourth-order valence-corrected chi connectivity index (χ4v) is 2.37. The van der Waals surface area contributed by atoms with E-state index in [1.165, 1.54) is 24.3 Å². The number of nitrogens with zero attached hydrogens (tertiary/aromatic N) is 2. The maximum Gasteiger partial charge on any atom is 0.414 e. The number of hydrogen-bond acceptors (Lipinski definition) is 5. The fraction of sp³-hybridized carbons (Fsp3) is 0.438. The van der Waals surface area contributed by atoms with Crippen LogP contribution in [0.1, 0.15) is 0 Å². The molecule has 0 radical (unpaired) electrons. The average Bonchev–Trinajstić information content (AvgIpc) is 2.88. The first-order valence-electron chi connectivity index (χ1n) is 7.27. The normalized spacial score (nSPS) is 17.1. The summed E-state index contributed by atoms with van der Waals surface area (Å²) < 4.78 is 29.5. The van der Waals surface area contributed by atoms with E-state index in [0.29, 0.717) is 37.7 Å². The molecule has 1 aromatic carbocycles. The second-order valence-corrected chi connectivity index (χ2v) is 5.17. The quantitative estimate of drug-likeness (QED) is 0.543. The Kier molecular flexibility index (Phi) is 5.81. The fourth-order valence-electron chi connectivity index (χ4n) is 2.37. The predicted octanol–water partition coefficient (Wildman–Crippen LogP) is 2.39. The van der Waals surface area contributed by atoms with E-state index in [1.54, 1.807) is 24.1 Å². The Labute approximate surface area is 135 Å². The average molecular weight is 324 g/mol. The van der Waals surface area contributed by atoms with Crippen LogP contribution in [0.2, 0.25) is 0 Å². The van der Waals surface area contributed by atoms with E-state index in [-0.39, 0.29) is 6.10 Å².